The zero-order valence-electron chi connectivity index (χ0n) is 10.1. The average Bonchev–Trinajstić information content (AvgIpc) is 2.76. The highest BCUT2D eigenvalue weighted by Crippen LogP contribution is 2.30. The fraction of sp³-hybridized carbons (Fsp3) is 0.308. The van der Waals surface area contributed by atoms with Gasteiger partial charge in [0.25, 0.3) is 0 Å². The molecule has 2 aromatic rings. The van der Waals surface area contributed by atoms with Crippen LogP contribution in [0.2, 0.25) is 0 Å². The van der Waals surface area contributed by atoms with Gasteiger partial charge in [-0.2, -0.15) is 0 Å². The van der Waals surface area contributed by atoms with Crippen LogP contribution in [0.3, 0.4) is 0 Å². The van der Waals surface area contributed by atoms with Gasteiger partial charge in [-0.3, -0.25) is 0 Å². The predicted molar refractivity (Wildman–Crippen MR) is 77.8 cm³/mol. The number of aryl methyl sites for hydroxylation is 2. The van der Waals surface area contributed by atoms with Crippen LogP contribution in [0.25, 0.3) is 0 Å². The molecular weight excluding hydrogens is 296 g/mol. The molecule has 2 nitrogen and oxygen atoms in total. The minimum absolute atomic E-state index is 0.221. The van der Waals surface area contributed by atoms with Gasteiger partial charge in [-0.15, -0.1) is 11.3 Å². The molecule has 4 heteroatoms. The van der Waals surface area contributed by atoms with Gasteiger partial charge < -0.3 is 5.32 Å². The molecule has 0 fully saturated rings. The number of thiazole rings is 1. The molecule has 1 aromatic heterocycles. The Morgan fingerprint density at radius 1 is 1.35 bits per heavy atom. The number of nitrogens with one attached hydrogen (secondary N) is 1. The Morgan fingerprint density at radius 2 is 2.12 bits per heavy atom. The van der Waals surface area contributed by atoms with Crippen LogP contribution in [0.1, 0.15) is 29.8 Å². The summed E-state index contributed by atoms with van der Waals surface area (Å²) in [5.74, 6) is 0. The number of rotatable bonds is 3. The highest BCUT2D eigenvalue weighted by Gasteiger charge is 2.11. The Kier molecular flexibility index (Phi) is 3.84. The molecule has 2 rings (SSSR count). The number of anilines is 1. The first kappa shape index (κ1) is 12.6. The summed E-state index contributed by atoms with van der Waals surface area (Å²) in [6, 6.07) is 4.53. The topological polar surface area (TPSA) is 24.9 Å². The molecular formula is C13H15BrN2S. The van der Waals surface area contributed by atoms with E-state index >= 15 is 0 Å². The molecule has 90 valence electrons. The summed E-state index contributed by atoms with van der Waals surface area (Å²) in [6.45, 7) is 6.35. The van der Waals surface area contributed by atoms with E-state index in [0.29, 0.717) is 0 Å². The summed E-state index contributed by atoms with van der Waals surface area (Å²) in [6.07, 6.45) is 0. The van der Waals surface area contributed by atoms with E-state index in [9.17, 15) is 0 Å². The lowest BCUT2D eigenvalue weighted by atomic mass is 10.1. The second-order valence-corrected chi connectivity index (χ2v) is 5.79. The molecule has 1 N–H and O–H groups in total. The molecule has 0 aliphatic rings. The third-order valence-corrected chi connectivity index (χ3v) is 3.92. The van der Waals surface area contributed by atoms with Gasteiger partial charge in [0.2, 0.25) is 0 Å². The molecule has 17 heavy (non-hydrogen) atoms. The number of aromatic nitrogens is 1. The van der Waals surface area contributed by atoms with Crippen molar-refractivity contribution >= 4 is 33.0 Å². The van der Waals surface area contributed by atoms with Crippen molar-refractivity contribution in [3.8, 4) is 0 Å². The maximum atomic E-state index is 4.33. The van der Waals surface area contributed by atoms with Crippen molar-refractivity contribution in [1.82, 2.24) is 4.98 Å². The summed E-state index contributed by atoms with van der Waals surface area (Å²) in [5.41, 5.74) is 6.61. The second-order valence-electron chi connectivity index (χ2n) is 4.22. The fourth-order valence-corrected chi connectivity index (χ4v) is 3.26. The standard InChI is InChI=1S/C13H15BrN2S/c1-8-4-9(2)13(11(14)5-8)16-10(3)12-6-17-7-15-12/h4-7,10,16H,1-3H3. The first-order valence-electron chi connectivity index (χ1n) is 5.49. The predicted octanol–water partition coefficient (Wildman–Crippen LogP) is 4.70. The Bertz CT molecular complexity index is 485. The van der Waals surface area contributed by atoms with E-state index in [1.165, 1.54) is 11.1 Å². The third-order valence-electron chi connectivity index (χ3n) is 2.69. The Balaban J connectivity index is 2.25. The molecule has 1 aromatic carbocycles. The lowest BCUT2D eigenvalue weighted by Gasteiger charge is -2.17. The molecule has 1 unspecified atom stereocenters. The van der Waals surface area contributed by atoms with Gasteiger partial charge in [0.15, 0.2) is 0 Å². The van der Waals surface area contributed by atoms with E-state index in [2.05, 4.69) is 64.5 Å². The van der Waals surface area contributed by atoms with Gasteiger partial charge >= 0.3 is 0 Å². The van der Waals surface area contributed by atoms with E-state index in [-0.39, 0.29) is 6.04 Å². The number of halogens is 1. The molecule has 0 radical (unpaired) electrons. The number of nitrogens with zero attached hydrogens (tertiary/aromatic N) is 1. The van der Waals surface area contributed by atoms with Crippen LogP contribution in [0.4, 0.5) is 5.69 Å². The highest BCUT2D eigenvalue weighted by atomic mass is 79.9. The molecule has 0 aliphatic carbocycles. The fourth-order valence-electron chi connectivity index (χ4n) is 1.82. The summed E-state index contributed by atoms with van der Waals surface area (Å²) in [7, 11) is 0. The summed E-state index contributed by atoms with van der Waals surface area (Å²) < 4.78 is 1.11. The monoisotopic (exact) mass is 310 g/mol. The zero-order chi connectivity index (χ0) is 12.4. The number of hydrogen-bond donors (Lipinski definition) is 1. The third kappa shape index (κ3) is 2.87. The van der Waals surface area contributed by atoms with Crippen molar-refractivity contribution in [3.05, 3.63) is 44.3 Å². The number of benzene rings is 1. The van der Waals surface area contributed by atoms with E-state index in [0.717, 1.165) is 15.9 Å². The van der Waals surface area contributed by atoms with Crippen molar-refractivity contribution in [2.24, 2.45) is 0 Å². The van der Waals surface area contributed by atoms with Crippen LogP contribution >= 0.6 is 27.3 Å². The van der Waals surface area contributed by atoms with Gasteiger partial charge in [-0.1, -0.05) is 6.07 Å². The van der Waals surface area contributed by atoms with E-state index in [4.69, 9.17) is 0 Å². The second kappa shape index (κ2) is 5.19. The minimum atomic E-state index is 0.221. The summed E-state index contributed by atoms with van der Waals surface area (Å²) >= 11 is 5.24. The van der Waals surface area contributed by atoms with Crippen LogP contribution in [0, 0.1) is 13.8 Å². The lowest BCUT2D eigenvalue weighted by molar-refractivity contribution is 0.847. The Morgan fingerprint density at radius 3 is 2.71 bits per heavy atom. The molecule has 0 aliphatic heterocycles. The van der Waals surface area contributed by atoms with Crippen molar-refractivity contribution in [3.63, 3.8) is 0 Å². The smallest absolute Gasteiger partial charge is 0.0795 e. The first-order chi connectivity index (χ1) is 8.08. The SMILES string of the molecule is Cc1cc(C)c(NC(C)c2cscn2)c(Br)c1. The van der Waals surface area contributed by atoms with Gasteiger partial charge in [-0.05, 0) is 53.9 Å². The van der Waals surface area contributed by atoms with E-state index in [1.807, 2.05) is 5.51 Å². The summed E-state index contributed by atoms with van der Waals surface area (Å²) in [4.78, 5) is 4.33. The molecule has 0 amide bonds. The molecule has 0 saturated heterocycles. The van der Waals surface area contributed by atoms with Crippen molar-refractivity contribution in [2.45, 2.75) is 26.8 Å². The van der Waals surface area contributed by atoms with E-state index < -0.39 is 0 Å². The Hall–Kier alpha value is -0.870. The van der Waals surface area contributed by atoms with Gasteiger partial charge in [0.05, 0.1) is 22.9 Å². The number of hydrogen-bond acceptors (Lipinski definition) is 3. The molecule has 0 spiro atoms. The zero-order valence-corrected chi connectivity index (χ0v) is 12.5. The maximum absolute atomic E-state index is 4.33. The van der Waals surface area contributed by atoms with Crippen molar-refractivity contribution in [1.29, 1.82) is 0 Å². The molecule has 0 bridgehead atoms. The quantitative estimate of drug-likeness (QED) is 0.889. The minimum Gasteiger partial charge on any atom is -0.376 e. The van der Waals surface area contributed by atoms with Crippen LogP contribution in [-0.4, -0.2) is 4.98 Å². The van der Waals surface area contributed by atoms with Gasteiger partial charge in [0.1, 0.15) is 0 Å². The normalized spacial score (nSPS) is 12.5. The van der Waals surface area contributed by atoms with Gasteiger partial charge in [-0.25, -0.2) is 4.98 Å². The van der Waals surface area contributed by atoms with Crippen molar-refractivity contribution in [2.75, 3.05) is 5.32 Å². The van der Waals surface area contributed by atoms with Crippen LogP contribution in [0.5, 0.6) is 0 Å². The highest BCUT2D eigenvalue weighted by molar-refractivity contribution is 9.10. The van der Waals surface area contributed by atoms with E-state index in [1.54, 1.807) is 11.3 Å². The molecule has 1 heterocycles. The summed E-state index contributed by atoms with van der Waals surface area (Å²) in [5, 5.41) is 5.58. The van der Waals surface area contributed by atoms with Crippen LogP contribution < -0.4 is 5.32 Å². The Labute approximate surface area is 114 Å². The maximum Gasteiger partial charge on any atom is 0.0795 e. The first-order valence-corrected chi connectivity index (χ1v) is 7.23. The average molecular weight is 311 g/mol. The molecule has 0 saturated carbocycles. The van der Waals surface area contributed by atoms with Crippen LogP contribution in [-0.2, 0) is 0 Å². The lowest BCUT2D eigenvalue weighted by Crippen LogP contribution is -2.08. The molecule has 1 atom stereocenters. The van der Waals surface area contributed by atoms with Crippen LogP contribution in [0.15, 0.2) is 27.5 Å². The largest absolute Gasteiger partial charge is 0.376 e. The van der Waals surface area contributed by atoms with Gasteiger partial charge in [0, 0.05) is 9.85 Å². The van der Waals surface area contributed by atoms with Crippen molar-refractivity contribution < 1.29 is 0 Å².